The molecule has 0 saturated carbocycles. The zero-order valence-corrected chi connectivity index (χ0v) is 9.80. The van der Waals surface area contributed by atoms with Gasteiger partial charge in [-0.05, 0) is 28.1 Å². The molecule has 1 heterocycles. The third-order valence-corrected chi connectivity index (χ3v) is 2.88. The highest BCUT2D eigenvalue weighted by Crippen LogP contribution is 2.23. The minimum absolute atomic E-state index is 0.238. The predicted molar refractivity (Wildman–Crippen MR) is 61.7 cm³/mol. The Bertz CT molecular complexity index is 504. The molecule has 0 atom stereocenters. The van der Waals surface area contributed by atoms with Gasteiger partial charge in [-0.2, -0.15) is 0 Å². The molecule has 0 bridgehead atoms. The third-order valence-electron chi connectivity index (χ3n) is 2.22. The number of halogens is 1. The maximum atomic E-state index is 11.1. The molecule has 0 saturated heterocycles. The van der Waals surface area contributed by atoms with Crippen LogP contribution < -0.4 is 0 Å². The Morgan fingerprint density at radius 1 is 1.53 bits per heavy atom. The topological polar surface area (TPSA) is 42.1 Å². The summed E-state index contributed by atoms with van der Waals surface area (Å²) in [6.07, 6.45) is 0.275. The Morgan fingerprint density at radius 2 is 2.33 bits per heavy atom. The minimum atomic E-state index is -0.238. The van der Waals surface area contributed by atoms with Crippen LogP contribution in [0.15, 0.2) is 28.7 Å². The molecule has 1 aromatic heterocycles. The summed E-state index contributed by atoms with van der Waals surface area (Å²) in [5, 5.41) is 1.09. The lowest BCUT2D eigenvalue weighted by Gasteiger charge is -1.95. The molecule has 0 aliphatic rings. The van der Waals surface area contributed by atoms with Gasteiger partial charge in [-0.1, -0.05) is 12.1 Å². The lowest BCUT2D eigenvalue weighted by molar-refractivity contribution is -0.139. The van der Waals surface area contributed by atoms with Gasteiger partial charge in [-0.25, -0.2) is 0 Å². The molecule has 0 fully saturated rings. The highest BCUT2D eigenvalue weighted by molar-refractivity contribution is 9.10. The van der Waals surface area contributed by atoms with E-state index >= 15 is 0 Å². The van der Waals surface area contributed by atoms with Crippen molar-refractivity contribution in [2.75, 3.05) is 7.11 Å². The van der Waals surface area contributed by atoms with E-state index in [0.717, 1.165) is 21.1 Å². The summed E-state index contributed by atoms with van der Waals surface area (Å²) < 4.78 is 5.61. The average molecular weight is 268 g/mol. The second kappa shape index (κ2) is 4.06. The monoisotopic (exact) mass is 267 g/mol. The van der Waals surface area contributed by atoms with Crippen LogP contribution in [0.5, 0.6) is 0 Å². The number of aromatic amines is 1. The Balaban J connectivity index is 2.39. The summed E-state index contributed by atoms with van der Waals surface area (Å²) in [5.74, 6) is -0.238. The molecule has 78 valence electrons. The number of carbonyl (C=O) groups is 1. The zero-order valence-electron chi connectivity index (χ0n) is 8.21. The maximum Gasteiger partial charge on any atom is 0.311 e. The van der Waals surface area contributed by atoms with Gasteiger partial charge in [0.2, 0.25) is 0 Å². The number of aromatic nitrogens is 1. The molecule has 2 aromatic rings. The third kappa shape index (κ3) is 2.04. The molecule has 0 amide bonds. The van der Waals surface area contributed by atoms with Crippen LogP contribution >= 0.6 is 15.9 Å². The number of esters is 1. The fourth-order valence-corrected chi connectivity index (χ4v) is 1.98. The van der Waals surface area contributed by atoms with Crippen molar-refractivity contribution in [3.63, 3.8) is 0 Å². The SMILES string of the molecule is COC(=O)Cc1cc2cccc(Br)c2[nH]1. The summed E-state index contributed by atoms with van der Waals surface area (Å²) in [6, 6.07) is 7.87. The first-order chi connectivity index (χ1) is 7.20. The second-order valence-corrected chi connectivity index (χ2v) is 4.11. The standard InChI is InChI=1S/C11H10BrNO2/c1-15-10(14)6-8-5-7-3-2-4-9(12)11(7)13-8/h2-5,13H,6H2,1H3. The average Bonchev–Trinajstić information content (AvgIpc) is 2.62. The molecule has 1 N–H and O–H groups in total. The smallest absolute Gasteiger partial charge is 0.311 e. The van der Waals surface area contributed by atoms with Crippen molar-refractivity contribution in [2.24, 2.45) is 0 Å². The fraction of sp³-hybridized carbons (Fsp3) is 0.182. The van der Waals surface area contributed by atoms with Gasteiger partial charge in [0.1, 0.15) is 0 Å². The normalized spacial score (nSPS) is 10.5. The number of nitrogens with one attached hydrogen (secondary N) is 1. The maximum absolute atomic E-state index is 11.1. The van der Waals surface area contributed by atoms with E-state index in [1.54, 1.807) is 0 Å². The number of hydrogen-bond acceptors (Lipinski definition) is 2. The molecule has 1 aromatic carbocycles. The number of methoxy groups -OCH3 is 1. The number of fused-ring (bicyclic) bond motifs is 1. The van der Waals surface area contributed by atoms with Gasteiger partial charge >= 0.3 is 5.97 Å². The highest BCUT2D eigenvalue weighted by Gasteiger charge is 2.07. The van der Waals surface area contributed by atoms with E-state index in [9.17, 15) is 4.79 Å². The summed E-state index contributed by atoms with van der Waals surface area (Å²) >= 11 is 3.45. The lowest BCUT2D eigenvalue weighted by Crippen LogP contribution is -2.04. The van der Waals surface area contributed by atoms with Crippen LogP contribution in [0, 0.1) is 0 Å². The zero-order chi connectivity index (χ0) is 10.8. The van der Waals surface area contributed by atoms with Crippen LogP contribution in [-0.4, -0.2) is 18.1 Å². The molecule has 0 aliphatic heterocycles. The van der Waals surface area contributed by atoms with E-state index in [-0.39, 0.29) is 12.4 Å². The van der Waals surface area contributed by atoms with Gasteiger partial charge in [0.15, 0.2) is 0 Å². The van der Waals surface area contributed by atoms with Crippen LogP contribution in [0.1, 0.15) is 5.69 Å². The number of rotatable bonds is 2. The van der Waals surface area contributed by atoms with Gasteiger partial charge in [0.25, 0.3) is 0 Å². The largest absolute Gasteiger partial charge is 0.469 e. The number of H-pyrrole nitrogens is 1. The van der Waals surface area contributed by atoms with Crippen LogP contribution in [-0.2, 0) is 16.0 Å². The first-order valence-electron chi connectivity index (χ1n) is 4.53. The van der Waals surface area contributed by atoms with Gasteiger partial charge in [-0.3, -0.25) is 4.79 Å². The number of para-hydroxylation sites is 1. The molecule has 0 aliphatic carbocycles. The van der Waals surface area contributed by atoms with E-state index < -0.39 is 0 Å². The van der Waals surface area contributed by atoms with Crippen LogP contribution in [0.4, 0.5) is 0 Å². The van der Waals surface area contributed by atoms with Crippen LogP contribution in [0.25, 0.3) is 10.9 Å². The number of ether oxygens (including phenoxy) is 1. The molecule has 15 heavy (non-hydrogen) atoms. The Labute approximate surface area is 95.6 Å². The van der Waals surface area contributed by atoms with Crippen molar-refractivity contribution < 1.29 is 9.53 Å². The molecule has 0 unspecified atom stereocenters. The Kier molecular flexibility index (Phi) is 2.77. The second-order valence-electron chi connectivity index (χ2n) is 3.25. The predicted octanol–water partition coefficient (Wildman–Crippen LogP) is 2.65. The van der Waals surface area contributed by atoms with Gasteiger partial charge in [0, 0.05) is 15.6 Å². The fourth-order valence-electron chi connectivity index (χ4n) is 1.50. The summed E-state index contributed by atoms with van der Waals surface area (Å²) in [5.41, 5.74) is 1.88. The van der Waals surface area contributed by atoms with Crippen LogP contribution in [0.2, 0.25) is 0 Å². The Morgan fingerprint density at radius 3 is 3.00 bits per heavy atom. The molecule has 0 radical (unpaired) electrons. The number of benzene rings is 1. The van der Waals surface area contributed by atoms with Crippen molar-refractivity contribution in [3.05, 3.63) is 34.4 Å². The minimum Gasteiger partial charge on any atom is -0.469 e. The van der Waals surface area contributed by atoms with E-state index in [1.807, 2.05) is 24.3 Å². The van der Waals surface area contributed by atoms with Crippen molar-refractivity contribution >= 4 is 32.8 Å². The van der Waals surface area contributed by atoms with Gasteiger partial charge < -0.3 is 9.72 Å². The van der Waals surface area contributed by atoms with Crippen molar-refractivity contribution in [1.82, 2.24) is 4.98 Å². The van der Waals surface area contributed by atoms with Crippen molar-refractivity contribution in [3.8, 4) is 0 Å². The quantitative estimate of drug-likeness (QED) is 0.851. The van der Waals surface area contributed by atoms with Crippen LogP contribution in [0.3, 0.4) is 0 Å². The van der Waals surface area contributed by atoms with E-state index in [1.165, 1.54) is 7.11 Å². The Hall–Kier alpha value is -1.29. The van der Waals surface area contributed by atoms with Crippen molar-refractivity contribution in [2.45, 2.75) is 6.42 Å². The first kappa shape index (κ1) is 10.2. The number of hydrogen-bond donors (Lipinski definition) is 1. The van der Waals surface area contributed by atoms with Gasteiger partial charge in [0.05, 0.1) is 19.0 Å². The van der Waals surface area contributed by atoms with E-state index in [4.69, 9.17) is 0 Å². The molecule has 0 spiro atoms. The molecule has 3 nitrogen and oxygen atoms in total. The summed E-state index contributed by atoms with van der Waals surface area (Å²) in [6.45, 7) is 0. The molecule has 4 heteroatoms. The van der Waals surface area contributed by atoms with E-state index in [0.29, 0.717) is 0 Å². The lowest BCUT2D eigenvalue weighted by atomic mass is 10.2. The van der Waals surface area contributed by atoms with Gasteiger partial charge in [-0.15, -0.1) is 0 Å². The first-order valence-corrected chi connectivity index (χ1v) is 5.33. The summed E-state index contributed by atoms with van der Waals surface area (Å²) in [7, 11) is 1.39. The molecule has 2 rings (SSSR count). The van der Waals surface area contributed by atoms with E-state index in [2.05, 4.69) is 25.7 Å². The molecular formula is C11H10BrNO2. The highest BCUT2D eigenvalue weighted by atomic mass is 79.9. The van der Waals surface area contributed by atoms with Crippen molar-refractivity contribution in [1.29, 1.82) is 0 Å². The molecular weight excluding hydrogens is 258 g/mol. The summed E-state index contributed by atoms with van der Waals surface area (Å²) in [4.78, 5) is 14.3. The number of carbonyl (C=O) groups excluding carboxylic acids is 1.